The second kappa shape index (κ2) is 4.03. The van der Waals surface area contributed by atoms with E-state index in [4.69, 9.17) is 9.84 Å². The third kappa shape index (κ3) is 2.02. The summed E-state index contributed by atoms with van der Waals surface area (Å²) in [4.78, 5) is 11.0. The van der Waals surface area contributed by atoms with Crippen molar-refractivity contribution in [2.24, 2.45) is 5.92 Å². The highest BCUT2D eigenvalue weighted by molar-refractivity contribution is 5.71. The number of rotatable bonds is 2. The molecular weight excluding hydrogens is 192 g/mol. The quantitative estimate of drug-likeness (QED) is 0.806. The lowest BCUT2D eigenvalue weighted by Crippen LogP contribution is -2.17. The fourth-order valence-electron chi connectivity index (χ4n) is 1.93. The highest BCUT2D eigenvalue weighted by Crippen LogP contribution is 2.34. The van der Waals surface area contributed by atoms with Gasteiger partial charge in [-0.3, -0.25) is 4.79 Å². The van der Waals surface area contributed by atoms with Gasteiger partial charge in [0.15, 0.2) is 0 Å². The van der Waals surface area contributed by atoms with E-state index in [1.54, 1.807) is 0 Å². The number of carboxylic acids is 1. The van der Waals surface area contributed by atoms with Crippen LogP contribution in [0.15, 0.2) is 24.3 Å². The van der Waals surface area contributed by atoms with Gasteiger partial charge in [-0.2, -0.15) is 0 Å². The number of benzene rings is 1. The molecule has 0 bridgehead atoms. The molecule has 1 N–H and O–H groups in total. The Morgan fingerprint density at radius 2 is 2.07 bits per heavy atom. The highest BCUT2D eigenvalue weighted by Gasteiger charge is 2.34. The molecule has 80 valence electrons. The molecule has 1 aromatic carbocycles. The van der Waals surface area contributed by atoms with Gasteiger partial charge in [0.2, 0.25) is 0 Å². The lowest BCUT2D eigenvalue weighted by molar-refractivity contribution is -0.143. The third-order valence-electron chi connectivity index (χ3n) is 2.81. The van der Waals surface area contributed by atoms with Crippen LogP contribution in [0.1, 0.15) is 23.7 Å². The SMILES string of the molecule is Cc1ccc(C2OCCC2C(=O)O)cc1. The number of ether oxygens (including phenoxy) is 1. The van der Waals surface area contributed by atoms with Crippen LogP contribution in [0, 0.1) is 12.8 Å². The van der Waals surface area contributed by atoms with Crippen molar-refractivity contribution in [3.05, 3.63) is 35.4 Å². The van der Waals surface area contributed by atoms with Crippen molar-refractivity contribution in [3.63, 3.8) is 0 Å². The minimum Gasteiger partial charge on any atom is -0.481 e. The normalized spacial score (nSPS) is 25.4. The molecule has 1 aliphatic heterocycles. The van der Waals surface area contributed by atoms with E-state index in [0.29, 0.717) is 13.0 Å². The van der Waals surface area contributed by atoms with Crippen LogP contribution in [-0.4, -0.2) is 17.7 Å². The predicted molar refractivity (Wildman–Crippen MR) is 55.6 cm³/mol. The van der Waals surface area contributed by atoms with Crippen molar-refractivity contribution in [2.75, 3.05) is 6.61 Å². The van der Waals surface area contributed by atoms with Crippen molar-refractivity contribution < 1.29 is 14.6 Å². The number of aliphatic carboxylic acids is 1. The molecule has 1 aromatic rings. The van der Waals surface area contributed by atoms with Gasteiger partial charge in [0.05, 0.1) is 12.0 Å². The van der Waals surface area contributed by atoms with E-state index in [2.05, 4.69) is 0 Å². The monoisotopic (exact) mass is 206 g/mol. The summed E-state index contributed by atoms with van der Waals surface area (Å²) in [5, 5.41) is 9.02. The molecule has 2 rings (SSSR count). The molecule has 3 heteroatoms. The highest BCUT2D eigenvalue weighted by atomic mass is 16.5. The zero-order chi connectivity index (χ0) is 10.8. The summed E-state index contributed by atoms with van der Waals surface area (Å²) in [7, 11) is 0. The second-order valence-corrected chi connectivity index (χ2v) is 3.94. The molecule has 3 nitrogen and oxygen atoms in total. The summed E-state index contributed by atoms with van der Waals surface area (Å²) in [5.41, 5.74) is 2.13. The number of carboxylic acid groups (broad SMARTS) is 1. The minimum atomic E-state index is -0.766. The van der Waals surface area contributed by atoms with E-state index in [0.717, 1.165) is 5.56 Å². The van der Waals surface area contributed by atoms with Crippen molar-refractivity contribution in [2.45, 2.75) is 19.4 Å². The van der Waals surface area contributed by atoms with Gasteiger partial charge < -0.3 is 9.84 Å². The van der Waals surface area contributed by atoms with E-state index in [9.17, 15) is 4.79 Å². The zero-order valence-electron chi connectivity index (χ0n) is 8.64. The summed E-state index contributed by atoms with van der Waals surface area (Å²) in [6, 6.07) is 7.86. The molecule has 0 spiro atoms. The van der Waals surface area contributed by atoms with Gasteiger partial charge in [-0.25, -0.2) is 0 Å². The average molecular weight is 206 g/mol. The predicted octanol–water partition coefficient (Wildman–Crippen LogP) is 2.16. The first-order valence-corrected chi connectivity index (χ1v) is 5.09. The Morgan fingerprint density at radius 3 is 2.67 bits per heavy atom. The van der Waals surface area contributed by atoms with Crippen LogP contribution in [-0.2, 0) is 9.53 Å². The molecule has 2 atom stereocenters. The Bertz CT molecular complexity index is 356. The zero-order valence-corrected chi connectivity index (χ0v) is 8.64. The second-order valence-electron chi connectivity index (χ2n) is 3.94. The fourth-order valence-corrected chi connectivity index (χ4v) is 1.93. The van der Waals surface area contributed by atoms with Crippen molar-refractivity contribution >= 4 is 5.97 Å². The van der Waals surface area contributed by atoms with E-state index >= 15 is 0 Å². The molecule has 0 saturated carbocycles. The maximum Gasteiger partial charge on any atom is 0.309 e. The van der Waals surface area contributed by atoms with Crippen molar-refractivity contribution in [1.82, 2.24) is 0 Å². The number of hydrogen-bond acceptors (Lipinski definition) is 2. The molecule has 1 heterocycles. The third-order valence-corrected chi connectivity index (χ3v) is 2.81. The van der Waals surface area contributed by atoms with Crippen LogP contribution in [0.2, 0.25) is 0 Å². The maximum atomic E-state index is 11.0. The van der Waals surface area contributed by atoms with E-state index in [-0.39, 0.29) is 6.10 Å². The van der Waals surface area contributed by atoms with Gasteiger partial charge >= 0.3 is 5.97 Å². The van der Waals surface area contributed by atoms with Gasteiger partial charge in [-0.05, 0) is 18.9 Å². The van der Waals surface area contributed by atoms with Crippen LogP contribution >= 0.6 is 0 Å². The van der Waals surface area contributed by atoms with E-state index in [1.165, 1.54) is 5.56 Å². The Hall–Kier alpha value is -1.35. The van der Waals surface area contributed by atoms with Gasteiger partial charge in [0, 0.05) is 6.61 Å². The van der Waals surface area contributed by atoms with Crippen LogP contribution in [0.25, 0.3) is 0 Å². The first kappa shape index (κ1) is 10.2. The molecule has 0 aromatic heterocycles. The average Bonchev–Trinajstić information content (AvgIpc) is 2.67. The van der Waals surface area contributed by atoms with Crippen LogP contribution in [0.4, 0.5) is 0 Å². The topological polar surface area (TPSA) is 46.5 Å². The Morgan fingerprint density at radius 1 is 1.40 bits per heavy atom. The molecule has 15 heavy (non-hydrogen) atoms. The minimum absolute atomic E-state index is 0.275. The summed E-state index contributed by atoms with van der Waals surface area (Å²) in [6.07, 6.45) is 0.330. The molecule has 1 saturated heterocycles. The molecule has 1 aliphatic rings. The molecule has 2 unspecified atom stereocenters. The Balaban J connectivity index is 2.22. The Labute approximate surface area is 88.7 Å². The molecule has 0 radical (unpaired) electrons. The Kier molecular flexibility index (Phi) is 2.73. The lowest BCUT2D eigenvalue weighted by Gasteiger charge is -2.15. The number of carbonyl (C=O) groups is 1. The molecular formula is C12H14O3. The van der Waals surface area contributed by atoms with Gasteiger partial charge in [0.1, 0.15) is 0 Å². The maximum absolute atomic E-state index is 11.0. The van der Waals surface area contributed by atoms with Gasteiger partial charge in [-0.15, -0.1) is 0 Å². The van der Waals surface area contributed by atoms with Crippen LogP contribution < -0.4 is 0 Å². The summed E-state index contributed by atoms with van der Waals surface area (Å²) < 4.78 is 5.47. The first-order valence-electron chi connectivity index (χ1n) is 5.09. The first-order chi connectivity index (χ1) is 7.18. The van der Waals surface area contributed by atoms with E-state index < -0.39 is 11.9 Å². The number of hydrogen-bond donors (Lipinski definition) is 1. The molecule has 1 fully saturated rings. The summed E-state index contributed by atoms with van der Waals surface area (Å²) in [5.74, 6) is -1.16. The van der Waals surface area contributed by atoms with Crippen LogP contribution in [0.3, 0.4) is 0 Å². The number of aryl methyl sites for hydroxylation is 1. The lowest BCUT2D eigenvalue weighted by atomic mass is 9.95. The summed E-state index contributed by atoms with van der Waals surface area (Å²) >= 11 is 0. The van der Waals surface area contributed by atoms with Crippen molar-refractivity contribution in [1.29, 1.82) is 0 Å². The summed E-state index contributed by atoms with van der Waals surface area (Å²) in [6.45, 7) is 2.55. The van der Waals surface area contributed by atoms with Gasteiger partial charge in [-0.1, -0.05) is 29.8 Å². The van der Waals surface area contributed by atoms with E-state index in [1.807, 2.05) is 31.2 Å². The standard InChI is InChI=1S/C12H14O3/c1-8-2-4-9(5-3-8)11-10(12(13)14)6-7-15-11/h2-5,10-11H,6-7H2,1H3,(H,13,14). The largest absolute Gasteiger partial charge is 0.481 e. The smallest absolute Gasteiger partial charge is 0.309 e. The van der Waals surface area contributed by atoms with Crippen LogP contribution in [0.5, 0.6) is 0 Å². The molecule has 0 amide bonds. The van der Waals surface area contributed by atoms with Crippen molar-refractivity contribution in [3.8, 4) is 0 Å². The fraction of sp³-hybridized carbons (Fsp3) is 0.417. The van der Waals surface area contributed by atoms with Gasteiger partial charge in [0.25, 0.3) is 0 Å². The molecule has 0 aliphatic carbocycles.